The summed E-state index contributed by atoms with van der Waals surface area (Å²) in [5.41, 5.74) is 4.11. The van der Waals surface area contributed by atoms with Crippen molar-refractivity contribution in [1.82, 2.24) is 10.9 Å². The van der Waals surface area contributed by atoms with Gasteiger partial charge in [0.05, 0.1) is 12.5 Å². The van der Waals surface area contributed by atoms with Crippen LogP contribution in [0.4, 0.5) is 0 Å². The van der Waals surface area contributed by atoms with Gasteiger partial charge < -0.3 is 8.83 Å². The molecule has 0 atom stereocenters. The first-order chi connectivity index (χ1) is 11.8. The number of nitrogens with zero attached hydrogens (tertiary/aromatic N) is 2. The number of carbonyl (C=O) groups excluding carboxylic acids is 2. The molecule has 2 heterocycles. The molecule has 0 saturated heterocycles. The summed E-state index contributed by atoms with van der Waals surface area (Å²) in [5, 5.41) is 7.16. The minimum Gasteiger partial charge on any atom is -0.465 e. The molecule has 0 aromatic carbocycles. The summed E-state index contributed by atoms with van der Waals surface area (Å²) in [7, 11) is 0. The SMILES string of the molecule is O=C(NN=C/C=C/c1ccco1)C(=O)N/N=C\C=C\c1ccco1. The van der Waals surface area contributed by atoms with Crippen molar-refractivity contribution >= 4 is 36.4 Å². The fraction of sp³-hybridized carbons (Fsp3) is 0. The molecule has 0 unspecified atom stereocenters. The van der Waals surface area contributed by atoms with Crippen molar-refractivity contribution in [3.05, 3.63) is 60.5 Å². The van der Waals surface area contributed by atoms with Crippen molar-refractivity contribution < 1.29 is 18.4 Å². The van der Waals surface area contributed by atoms with Crippen molar-refractivity contribution in [3.63, 3.8) is 0 Å². The van der Waals surface area contributed by atoms with Crippen molar-refractivity contribution in [2.75, 3.05) is 0 Å². The number of furan rings is 2. The summed E-state index contributed by atoms with van der Waals surface area (Å²) < 4.78 is 10.1. The molecular formula is C16H14N4O4. The Morgan fingerprint density at radius 1 is 0.833 bits per heavy atom. The molecule has 2 aromatic rings. The average molecular weight is 326 g/mol. The molecule has 2 aromatic heterocycles. The van der Waals surface area contributed by atoms with Crippen molar-refractivity contribution in [1.29, 1.82) is 0 Å². The minimum atomic E-state index is -0.940. The Labute approximate surface area is 137 Å². The van der Waals surface area contributed by atoms with Gasteiger partial charge in [-0.3, -0.25) is 9.59 Å². The molecule has 2 rings (SSSR count). The largest absolute Gasteiger partial charge is 0.465 e. The van der Waals surface area contributed by atoms with E-state index in [0.29, 0.717) is 11.5 Å². The van der Waals surface area contributed by atoms with Gasteiger partial charge in [0.2, 0.25) is 0 Å². The van der Waals surface area contributed by atoms with E-state index in [0.717, 1.165) is 0 Å². The quantitative estimate of drug-likeness (QED) is 0.479. The lowest BCUT2D eigenvalue weighted by atomic mass is 10.4. The Bertz CT molecular complexity index is 690. The monoisotopic (exact) mass is 326 g/mol. The summed E-state index contributed by atoms with van der Waals surface area (Å²) in [5.74, 6) is -0.598. The van der Waals surface area contributed by atoms with Crippen molar-refractivity contribution in [2.45, 2.75) is 0 Å². The van der Waals surface area contributed by atoms with Crippen LogP contribution in [-0.4, -0.2) is 24.2 Å². The molecule has 0 aliphatic rings. The maximum Gasteiger partial charge on any atom is 0.331 e. The van der Waals surface area contributed by atoms with E-state index in [2.05, 4.69) is 21.1 Å². The number of hydrogen-bond acceptors (Lipinski definition) is 6. The Morgan fingerprint density at radius 2 is 1.29 bits per heavy atom. The molecule has 0 saturated carbocycles. The lowest BCUT2D eigenvalue weighted by Crippen LogP contribution is -2.35. The van der Waals surface area contributed by atoms with Crippen molar-refractivity contribution in [2.24, 2.45) is 10.2 Å². The van der Waals surface area contributed by atoms with Crippen LogP contribution in [0.5, 0.6) is 0 Å². The Kier molecular flexibility index (Phi) is 6.51. The molecule has 0 fully saturated rings. The summed E-state index contributed by atoms with van der Waals surface area (Å²) >= 11 is 0. The van der Waals surface area contributed by atoms with Gasteiger partial charge in [0.15, 0.2) is 0 Å². The molecule has 2 N–H and O–H groups in total. The van der Waals surface area contributed by atoms with Crippen LogP contribution in [0.3, 0.4) is 0 Å². The van der Waals surface area contributed by atoms with Crippen molar-refractivity contribution in [3.8, 4) is 0 Å². The van der Waals surface area contributed by atoms with Gasteiger partial charge in [-0.1, -0.05) is 0 Å². The van der Waals surface area contributed by atoms with Crippen LogP contribution >= 0.6 is 0 Å². The molecule has 8 heteroatoms. The molecule has 0 radical (unpaired) electrons. The van der Waals surface area contributed by atoms with Crippen LogP contribution in [0.15, 0.2) is 68.0 Å². The number of hydrogen-bond donors (Lipinski definition) is 2. The van der Waals surface area contributed by atoms with Gasteiger partial charge in [-0.15, -0.1) is 0 Å². The highest BCUT2D eigenvalue weighted by atomic mass is 16.3. The molecule has 0 aliphatic heterocycles. The predicted octanol–water partition coefficient (Wildman–Crippen LogP) is 1.80. The minimum absolute atomic E-state index is 0.641. The number of hydrazone groups is 2. The molecule has 24 heavy (non-hydrogen) atoms. The van der Waals surface area contributed by atoms with Gasteiger partial charge in [0.1, 0.15) is 11.5 Å². The van der Waals surface area contributed by atoms with E-state index in [4.69, 9.17) is 8.83 Å². The second kappa shape index (κ2) is 9.36. The van der Waals surface area contributed by atoms with Gasteiger partial charge >= 0.3 is 11.8 Å². The van der Waals surface area contributed by atoms with Gasteiger partial charge in [0, 0.05) is 12.4 Å². The third kappa shape index (κ3) is 5.98. The summed E-state index contributed by atoms with van der Waals surface area (Å²) in [4.78, 5) is 22.8. The van der Waals surface area contributed by atoms with Crippen LogP contribution in [-0.2, 0) is 9.59 Å². The number of carbonyl (C=O) groups is 2. The summed E-state index contributed by atoms with van der Waals surface area (Å²) in [6, 6.07) is 7.00. The Morgan fingerprint density at radius 3 is 1.67 bits per heavy atom. The van der Waals surface area contributed by atoms with Crippen LogP contribution in [0.1, 0.15) is 11.5 Å². The number of rotatable bonds is 6. The maximum atomic E-state index is 11.4. The van der Waals surface area contributed by atoms with E-state index in [1.54, 1.807) is 48.6 Å². The topological polar surface area (TPSA) is 109 Å². The van der Waals surface area contributed by atoms with Gasteiger partial charge in [-0.2, -0.15) is 10.2 Å². The summed E-state index contributed by atoms with van der Waals surface area (Å²) in [6.45, 7) is 0. The third-order valence-electron chi connectivity index (χ3n) is 2.47. The maximum absolute atomic E-state index is 11.4. The Balaban J connectivity index is 1.67. The van der Waals surface area contributed by atoms with Gasteiger partial charge in [-0.25, -0.2) is 10.9 Å². The first kappa shape index (κ1) is 16.7. The zero-order chi connectivity index (χ0) is 17.0. The van der Waals surface area contributed by atoms with Crippen LogP contribution < -0.4 is 10.9 Å². The first-order valence-electron chi connectivity index (χ1n) is 6.82. The molecule has 122 valence electrons. The highest BCUT2D eigenvalue weighted by Crippen LogP contribution is 2.01. The van der Waals surface area contributed by atoms with Crippen LogP contribution in [0.2, 0.25) is 0 Å². The lowest BCUT2D eigenvalue weighted by Gasteiger charge is -1.96. The fourth-order valence-electron chi connectivity index (χ4n) is 1.43. The molecule has 0 aliphatic carbocycles. The standard InChI is InChI=1S/C16H14N4O4/c21-15(19-17-9-1-5-13-7-3-11-23-13)16(22)20-18-10-2-6-14-8-4-12-24-14/h1-12H,(H,19,21)(H,20,22)/b5-1+,6-2+,17-9-,18-10?. The molecule has 0 spiro atoms. The zero-order valence-electron chi connectivity index (χ0n) is 12.5. The smallest absolute Gasteiger partial charge is 0.331 e. The highest BCUT2D eigenvalue weighted by molar-refractivity contribution is 6.35. The second-order valence-electron chi connectivity index (χ2n) is 4.19. The lowest BCUT2D eigenvalue weighted by molar-refractivity contribution is -0.139. The molecule has 0 bridgehead atoms. The van der Waals surface area contributed by atoms with Gasteiger partial charge in [0.25, 0.3) is 0 Å². The number of amides is 2. The second-order valence-corrected chi connectivity index (χ2v) is 4.19. The van der Waals surface area contributed by atoms with E-state index in [9.17, 15) is 9.59 Å². The van der Waals surface area contributed by atoms with E-state index < -0.39 is 11.8 Å². The predicted molar refractivity (Wildman–Crippen MR) is 88.8 cm³/mol. The van der Waals surface area contributed by atoms with E-state index >= 15 is 0 Å². The van der Waals surface area contributed by atoms with E-state index in [1.165, 1.54) is 25.0 Å². The number of nitrogens with one attached hydrogen (secondary N) is 2. The van der Waals surface area contributed by atoms with Crippen LogP contribution in [0, 0.1) is 0 Å². The zero-order valence-corrected chi connectivity index (χ0v) is 12.5. The average Bonchev–Trinajstić information content (AvgIpc) is 3.27. The number of allylic oxidation sites excluding steroid dienone is 2. The molecule has 8 nitrogen and oxygen atoms in total. The van der Waals surface area contributed by atoms with E-state index in [-0.39, 0.29) is 0 Å². The van der Waals surface area contributed by atoms with E-state index in [1.807, 2.05) is 0 Å². The third-order valence-corrected chi connectivity index (χ3v) is 2.47. The molecule has 2 amide bonds. The first-order valence-corrected chi connectivity index (χ1v) is 6.82. The highest BCUT2D eigenvalue weighted by Gasteiger charge is 2.10. The van der Waals surface area contributed by atoms with Gasteiger partial charge in [-0.05, 0) is 48.6 Å². The summed E-state index contributed by atoms with van der Waals surface area (Å²) in [6.07, 6.45) is 12.1. The fourth-order valence-corrected chi connectivity index (χ4v) is 1.43. The molecular weight excluding hydrogens is 312 g/mol. The van der Waals surface area contributed by atoms with Crippen LogP contribution in [0.25, 0.3) is 12.2 Å². The Hall–Kier alpha value is -3.68. The normalized spacial score (nSPS) is 11.8.